The van der Waals surface area contributed by atoms with Crippen molar-refractivity contribution in [3.63, 3.8) is 0 Å². The van der Waals surface area contributed by atoms with E-state index in [4.69, 9.17) is 10.7 Å². The molecule has 0 atom stereocenters. The molecule has 0 fully saturated rings. The van der Waals surface area contributed by atoms with Crippen LogP contribution in [-0.4, -0.2) is 4.98 Å². The molecule has 100 valence electrons. The van der Waals surface area contributed by atoms with Crippen LogP contribution in [0.25, 0.3) is 10.4 Å². The minimum absolute atomic E-state index is 0.482. The molecule has 0 aliphatic heterocycles. The standard InChI is InChI=1S/C17H16N2S/c18-12-15-17(14-9-5-2-6-10-14)20-16(19-15)11-13-7-3-1-4-8-13/h1-10H,11-12,18H2. The summed E-state index contributed by atoms with van der Waals surface area (Å²) in [7, 11) is 0. The molecule has 3 rings (SSSR count). The van der Waals surface area contributed by atoms with Crippen LogP contribution in [0.2, 0.25) is 0 Å². The molecule has 2 N–H and O–H groups in total. The molecule has 1 aromatic heterocycles. The zero-order chi connectivity index (χ0) is 13.8. The normalized spacial score (nSPS) is 10.7. The molecule has 0 aliphatic carbocycles. The molecule has 0 amide bonds. The summed E-state index contributed by atoms with van der Waals surface area (Å²) in [6, 6.07) is 20.8. The van der Waals surface area contributed by atoms with E-state index in [0.717, 1.165) is 17.1 Å². The predicted octanol–water partition coefficient (Wildman–Crippen LogP) is 3.86. The minimum atomic E-state index is 0.482. The van der Waals surface area contributed by atoms with Crippen LogP contribution in [0.15, 0.2) is 60.7 Å². The number of nitrogens with zero attached hydrogens (tertiary/aromatic N) is 1. The van der Waals surface area contributed by atoms with Crippen molar-refractivity contribution in [2.75, 3.05) is 0 Å². The number of aromatic nitrogens is 1. The maximum Gasteiger partial charge on any atom is 0.0979 e. The Balaban J connectivity index is 1.93. The lowest BCUT2D eigenvalue weighted by Gasteiger charge is -1.98. The molecule has 0 saturated carbocycles. The van der Waals surface area contributed by atoms with E-state index in [1.165, 1.54) is 16.0 Å². The second-order valence-electron chi connectivity index (χ2n) is 4.62. The number of thiazole rings is 1. The van der Waals surface area contributed by atoms with Crippen LogP contribution >= 0.6 is 11.3 Å². The Bertz CT molecular complexity index is 675. The molecule has 1 heterocycles. The van der Waals surface area contributed by atoms with Crippen molar-refractivity contribution < 1.29 is 0 Å². The molecule has 0 radical (unpaired) electrons. The van der Waals surface area contributed by atoms with Gasteiger partial charge < -0.3 is 5.73 Å². The SMILES string of the molecule is NCc1nc(Cc2ccccc2)sc1-c1ccccc1. The second-order valence-corrected chi connectivity index (χ2v) is 5.70. The molecule has 20 heavy (non-hydrogen) atoms. The van der Waals surface area contributed by atoms with Crippen LogP contribution in [-0.2, 0) is 13.0 Å². The summed E-state index contributed by atoms with van der Waals surface area (Å²) in [5.41, 5.74) is 9.31. The lowest BCUT2D eigenvalue weighted by Crippen LogP contribution is -1.98. The third-order valence-corrected chi connectivity index (χ3v) is 4.32. The number of benzene rings is 2. The Morgan fingerprint density at radius 3 is 2.20 bits per heavy atom. The van der Waals surface area contributed by atoms with Gasteiger partial charge in [0.2, 0.25) is 0 Å². The van der Waals surface area contributed by atoms with Gasteiger partial charge in [0.05, 0.1) is 15.6 Å². The van der Waals surface area contributed by atoms with Crippen molar-refractivity contribution in [2.24, 2.45) is 5.73 Å². The summed E-state index contributed by atoms with van der Waals surface area (Å²) < 4.78 is 0. The topological polar surface area (TPSA) is 38.9 Å². The lowest BCUT2D eigenvalue weighted by molar-refractivity contribution is 0.984. The number of nitrogens with two attached hydrogens (primary N) is 1. The first-order valence-corrected chi connectivity index (χ1v) is 7.46. The fourth-order valence-electron chi connectivity index (χ4n) is 2.20. The van der Waals surface area contributed by atoms with Crippen molar-refractivity contribution in [1.82, 2.24) is 4.98 Å². The van der Waals surface area contributed by atoms with Crippen LogP contribution < -0.4 is 5.73 Å². The van der Waals surface area contributed by atoms with Gasteiger partial charge >= 0.3 is 0 Å². The second kappa shape index (κ2) is 5.99. The smallest absolute Gasteiger partial charge is 0.0979 e. The first-order valence-electron chi connectivity index (χ1n) is 6.65. The quantitative estimate of drug-likeness (QED) is 0.788. The number of rotatable bonds is 4. The van der Waals surface area contributed by atoms with Gasteiger partial charge in [0.15, 0.2) is 0 Å². The Kier molecular flexibility index (Phi) is 3.90. The van der Waals surface area contributed by atoms with Crippen molar-refractivity contribution in [3.8, 4) is 10.4 Å². The van der Waals surface area contributed by atoms with E-state index < -0.39 is 0 Å². The fraction of sp³-hybridized carbons (Fsp3) is 0.118. The Labute approximate surface area is 122 Å². The first kappa shape index (κ1) is 13.0. The van der Waals surface area contributed by atoms with Gasteiger partial charge in [-0.2, -0.15) is 0 Å². The minimum Gasteiger partial charge on any atom is -0.325 e. The molecule has 0 bridgehead atoms. The van der Waals surface area contributed by atoms with Gasteiger partial charge in [-0.15, -0.1) is 11.3 Å². The van der Waals surface area contributed by atoms with Crippen LogP contribution in [0.1, 0.15) is 16.3 Å². The van der Waals surface area contributed by atoms with Crippen LogP contribution in [0, 0.1) is 0 Å². The van der Waals surface area contributed by atoms with Gasteiger partial charge in [0, 0.05) is 13.0 Å². The zero-order valence-corrected chi connectivity index (χ0v) is 11.9. The van der Waals surface area contributed by atoms with Gasteiger partial charge in [-0.1, -0.05) is 60.7 Å². The third kappa shape index (κ3) is 2.79. The van der Waals surface area contributed by atoms with Gasteiger partial charge in [0.25, 0.3) is 0 Å². The Morgan fingerprint density at radius 2 is 1.55 bits per heavy atom. The molecule has 3 heteroatoms. The van der Waals surface area contributed by atoms with Crippen molar-refractivity contribution >= 4 is 11.3 Å². The van der Waals surface area contributed by atoms with E-state index in [1.807, 2.05) is 24.3 Å². The average Bonchev–Trinajstić information content (AvgIpc) is 2.92. The molecule has 0 saturated heterocycles. The summed E-state index contributed by atoms with van der Waals surface area (Å²) in [6.45, 7) is 0.482. The molecule has 2 nitrogen and oxygen atoms in total. The molecule has 0 spiro atoms. The summed E-state index contributed by atoms with van der Waals surface area (Å²) in [5, 5.41) is 1.12. The third-order valence-electron chi connectivity index (χ3n) is 3.17. The van der Waals surface area contributed by atoms with E-state index in [9.17, 15) is 0 Å². The molecule has 2 aromatic carbocycles. The van der Waals surface area contributed by atoms with Gasteiger partial charge in [0.1, 0.15) is 0 Å². The highest BCUT2D eigenvalue weighted by Crippen LogP contribution is 2.31. The van der Waals surface area contributed by atoms with Crippen molar-refractivity contribution in [2.45, 2.75) is 13.0 Å². The highest BCUT2D eigenvalue weighted by atomic mass is 32.1. The van der Waals surface area contributed by atoms with Gasteiger partial charge in [-0.3, -0.25) is 0 Å². The largest absolute Gasteiger partial charge is 0.325 e. The average molecular weight is 280 g/mol. The van der Waals surface area contributed by atoms with Gasteiger partial charge in [-0.25, -0.2) is 4.98 Å². The summed E-state index contributed by atoms with van der Waals surface area (Å²) in [4.78, 5) is 5.89. The summed E-state index contributed by atoms with van der Waals surface area (Å²) >= 11 is 1.74. The van der Waals surface area contributed by atoms with Crippen LogP contribution in [0.4, 0.5) is 0 Å². The van der Waals surface area contributed by atoms with Crippen LogP contribution in [0.3, 0.4) is 0 Å². The Morgan fingerprint density at radius 1 is 0.900 bits per heavy atom. The molecule has 3 aromatic rings. The molecule has 0 unspecified atom stereocenters. The lowest BCUT2D eigenvalue weighted by atomic mass is 10.1. The van der Waals surface area contributed by atoms with Crippen molar-refractivity contribution in [3.05, 3.63) is 76.9 Å². The number of hydrogen-bond acceptors (Lipinski definition) is 3. The van der Waals surface area contributed by atoms with E-state index in [-0.39, 0.29) is 0 Å². The zero-order valence-electron chi connectivity index (χ0n) is 11.1. The van der Waals surface area contributed by atoms with E-state index in [2.05, 4.69) is 36.4 Å². The van der Waals surface area contributed by atoms with Gasteiger partial charge in [-0.05, 0) is 11.1 Å². The molecule has 0 aliphatic rings. The number of hydrogen-bond donors (Lipinski definition) is 1. The fourth-order valence-corrected chi connectivity index (χ4v) is 3.33. The highest BCUT2D eigenvalue weighted by molar-refractivity contribution is 7.15. The maximum absolute atomic E-state index is 5.84. The van der Waals surface area contributed by atoms with E-state index >= 15 is 0 Å². The summed E-state index contributed by atoms with van der Waals surface area (Å²) in [5.74, 6) is 0. The Hall–Kier alpha value is -1.97. The predicted molar refractivity (Wildman–Crippen MR) is 84.7 cm³/mol. The monoisotopic (exact) mass is 280 g/mol. The highest BCUT2D eigenvalue weighted by Gasteiger charge is 2.11. The van der Waals surface area contributed by atoms with Crippen LogP contribution in [0.5, 0.6) is 0 Å². The molecular formula is C17H16N2S. The van der Waals surface area contributed by atoms with Crippen molar-refractivity contribution in [1.29, 1.82) is 0 Å². The molecular weight excluding hydrogens is 264 g/mol. The summed E-state index contributed by atoms with van der Waals surface area (Å²) in [6.07, 6.45) is 0.866. The van der Waals surface area contributed by atoms with E-state index in [1.54, 1.807) is 11.3 Å². The van der Waals surface area contributed by atoms with E-state index in [0.29, 0.717) is 6.54 Å². The maximum atomic E-state index is 5.84. The first-order chi connectivity index (χ1) is 9.86.